The van der Waals surface area contributed by atoms with Crippen molar-refractivity contribution in [3.63, 3.8) is 0 Å². The minimum absolute atomic E-state index is 0.169. The molecular formula is C12H10O3S2. The lowest BCUT2D eigenvalue weighted by Crippen LogP contribution is -2.16. The van der Waals surface area contributed by atoms with Crippen molar-refractivity contribution in [2.45, 2.75) is 13.0 Å². The van der Waals surface area contributed by atoms with Gasteiger partial charge in [-0.3, -0.25) is 9.59 Å². The van der Waals surface area contributed by atoms with Crippen LogP contribution in [0.3, 0.4) is 0 Å². The number of Topliss-reactive ketones (excluding diaryl/α,β-unsaturated/α-hetero) is 1. The fraction of sp³-hybridized carbons (Fsp3) is 0.167. The lowest BCUT2D eigenvalue weighted by atomic mass is 10.1. The number of hydrogen-bond donors (Lipinski definition) is 0. The van der Waals surface area contributed by atoms with Crippen molar-refractivity contribution in [2.24, 2.45) is 0 Å². The molecule has 17 heavy (non-hydrogen) atoms. The Labute approximate surface area is 107 Å². The van der Waals surface area contributed by atoms with E-state index in [2.05, 4.69) is 0 Å². The van der Waals surface area contributed by atoms with Gasteiger partial charge in [0.05, 0.1) is 9.75 Å². The van der Waals surface area contributed by atoms with Crippen LogP contribution in [0.5, 0.6) is 0 Å². The molecule has 0 aromatic carbocycles. The van der Waals surface area contributed by atoms with Crippen LogP contribution in [0.4, 0.5) is 0 Å². The van der Waals surface area contributed by atoms with Gasteiger partial charge in [0.2, 0.25) is 5.78 Å². The first-order valence-electron chi connectivity index (χ1n) is 4.97. The molecule has 0 aliphatic carbocycles. The predicted molar refractivity (Wildman–Crippen MR) is 67.5 cm³/mol. The van der Waals surface area contributed by atoms with E-state index in [0.29, 0.717) is 4.88 Å². The number of ether oxygens (including phenoxy) is 1. The molecule has 2 rings (SSSR count). The molecular weight excluding hydrogens is 256 g/mol. The second-order valence-corrected chi connectivity index (χ2v) is 5.27. The van der Waals surface area contributed by atoms with Gasteiger partial charge in [-0.05, 0) is 22.9 Å². The van der Waals surface area contributed by atoms with Crippen LogP contribution >= 0.6 is 22.7 Å². The van der Waals surface area contributed by atoms with Crippen LogP contribution in [0, 0.1) is 0 Å². The summed E-state index contributed by atoms with van der Waals surface area (Å²) in [6.45, 7) is 1.31. The highest BCUT2D eigenvalue weighted by Crippen LogP contribution is 2.28. The van der Waals surface area contributed by atoms with E-state index in [4.69, 9.17) is 4.74 Å². The fourth-order valence-corrected chi connectivity index (χ4v) is 2.83. The van der Waals surface area contributed by atoms with Crippen LogP contribution in [-0.4, -0.2) is 11.8 Å². The van der Waals surface area contributed by atoms with Crippen molar-refractivity contribution in [1.29, 1.82) is 0 Å². The summed E-state index contributed by atoms with van der Waals surface area (Å²) in [5.41, 5.74) is 0. The molecule has 0 aliphatic rings. The van der Waals surface area contributed by atoms with E-state index in [1.54, 1.807) is 18.2 Å². The zero-order chi connectivity index (χ0) is 12.3. The van der Waals surface area contributed by atoms with Crippen LogP contribution in [0.15, 0.2) is 35.0 Å². The minimum Gasteiger partial charge on any atom is -0.448 e. The third kappa shape index (κ3) is 2.81. The Morgan fingerprint density at radius 2 is 1.88 bits per heavy atom. The fourth-order valence-electron chi connectivity index (χ4n) is 1.40. The largest absolute Gasteiger partial charge is 0.448 e. The van der Waals surface area contributed by atoms with Gasteiger partial charge >= 0.3 is 5.97 Å². The van der Waals surface area contributed by atoms with Crippen molar-refractivity contribution >= 4 is 34.4 Å². The zero-order valence-corrected chi connectivity index (χ0v) is 10.7. The van der Waals surface area contributed by atoms with Crippen LogP contribution in [0.2, 0.25) is 0 Å². The summed E-state index contributed by atoms with van der Waals surface area (Å²) in [7, 11) is 0. The Morgan fingerprint density at radius 3 is 2.41 bits per heavy atom. The highest BCUT2D eigenvalue weighted by atomic mass is 32.1. The van der Waals surface area contributed by atoms with Crippen molar-refractivity contribution in [1.82, 2.24) is 0 Å². The number of carbonyl (C=O) groups excluding carboxylic acids is 2. The van der Waals surface area contributed by atoms with E-state index in [1.807, 2.05) is 16.8 Å². The summed E-state index contributed by atoms with van der Waals surface area (Å²) >= 11 is 2.75. The molecule has 2 aromatic rings. The first-order chi connectivity index (χ1) is 8.18. The standard InChI is InChI=1S/C12H10O3S2/c1-8(13)15-12(10-5-3-7-17-10)11(14)9-4-2-6-16-9/h2-7,12H,1H3/t12-/m1/s1. The van der Waals surface area contributed by atoms with E-state index >= 15 is 0 Å². The van der Waals surface area contributed by atoms with E-state index in [-0.39, 0.29) is 5.78 Å². The van der Waals surface area contributed by atoms with E-state index in [0.717, 1.165) is 4.88 Å². The number of esters is 1. The molecule has 0 saturated carbocycles. The molecule has 88 valence electrons. The Balaban J connectivity index is 2.28. The summed E-state index contributed by atoms with van der Waals surface area (Å²) < 4.78 is 5.11. The lowest BCUT2D eigenvalue weighted by Gasteiger charge is -2.13. The molecule has 5 heteroatoms. The predicted octanol–water partition coefficient (Wildman–Crippen LogP) is 3.30. The highest BCUT2D eigenvalue weighted by molar-refractivity contribution is 7.12. The summed E-state index contributed by atoms with van der Waals surface area (Å²) in [6, 6.07) is 7.16. The summed E-state index contributed by atoms with van der Waals surface area (Å²) in [4.78, 5) is 24.6. The molecule has 0 fully saturated rings. The first-order valence-corrected chi connectivity index (χ1v) is 6.73. The Hall–Kier alpha value is -1.46. The van der Waals surface area contributed by atoms with Gasteiger partial charge in [0.1, 0.15) is 0 Å². The van der Waals surface area contributed by atoms with Gasteiger partial charge in [-0.1, -0.05) is 12.1 Å². The van der Waals surface area contributed by atoms with E-state index in [1.165, 1.54) is 29.6 Å². The average Bonchev–Trinajstić information content (AvgIpc) is 2.96. The number of thiophene rings is 2. The Morgan fingerprint density at radius 1 is 1.18 bits per heavy atom. The van der Waals surface area contributed by atoms with Gasteiger partial charge in [-0.2, -0.15) is 0 Å². The molecule has 0 radical (unpaired) electrons. The van der Waals surface area contributed by atoms with Crippen LogP contribution < -0.4 is 0 Å². The number of hydrogen-bond acceptors (Lipinski definition) is 5. The summed E-state index contributed by atoms with van der Waals surface area (Å²) in [5, 5.41) is 3.68. The molecule has 0 N–H and O–H groups in total. The average molecular weight is 266 g/mol. The van der Waals surface area contributed by atoms with Gasteiger partial charge in [-0.25, -0.2) is 0 Å². The second-order valence-electron chi connectivity index (χ2n) is 3.35. The third-order valence-corrected chi connectivity index (χ3v) is 3.89. The SMILES string of the molecule is CC(=O)O[C@@H](C(=O)c1cccs1)c1cccs1. The van der Waals surface area contributed by atoms with Crippen molar-refractivity contribution in [3.05, 3.63) is 44.8 Å². The number of carbonyl (C=O) groups is 2. The molecule has 0 unspecified atom stereocenters. The smallest absolute Gasteiger partial charge is 0.303 e. The Bertz CT molecular complexity index is 500. The third-order valence-electron chi connectivity index (χ3n) is 2.09. The highest BCUT2D eigenvalue weighted by Gasteiger charge is 2.26. The van der Waals surface area contributed by atoms with Gasteiger partial charge in [0.15, 0.2) is 6.10 Å². The van der Waals surface area contributed by atoms with Crippen LogP contribution in [-0.2, 0) is 9.53 Å². The Kier molecular flexibility index (Phi) is 3.71. The van der Waals surface area contributed by atoms with Gasteiger partial charge in [0.25, 0.3) is 0 Å². The molecule has 3 nitrogen and oxygen atoms in total. The molecule has 0 saturated heterocycles. The quantitative estimate of drug-likeness (QED) is 0.630. The molecule has 2 heterocycles. The van der Waals surface area contributed by atoms with Crippen molar-refractivity contribution in [3.8, 4) is 0 Å². The van der Waals surface area contributed by atoms with E-state index in [9.17, 15) is 9.59 Å². The topological polar surface area (TPSA) is 43.4 Å². The summed E-state index contributed by atoms with van der Waals surface area (Å²) in [6.07, 6.45) is -0.814. The van der Waals surface area contributed by atoms with Gasteiger partial charge in [-0.15, -0.1) is 22.7 Å². The maximum absolute atomic E-state index is 12.2. The van der Waals surface area contributed by atoms with Crippen molar-refractivity contribution < 1.29 is 14.3 Å². The van der Waals surface area contributed by atoms with Crippen molar-refractivity contribution in [2.75, 3.05) is 0 Å². The summed E-state index contributed by atoms with van der Waals surface area (Å²) in [5.74, 6) is -0.619. The minimum atomic E-state index is -0.814. The van der Waals surface area contributed by atoms with E-state index < -0.39 is 12.1 Å². The lowest BCUT2D eigenvalue weighted by molar-refractivity contribution is -0.144. The number of ketones is 1. The maximum atomic E-state index is 12.2. The normalized spacial score (nSPS) is 12.1. The molecule has 0 spiro atoms. The monoisotopic (exact) mass is 266 g/mol. The number of rotatable bonds is 4. The first kappa shape index (κ1) is 12.0. The molecule has 2 aromatic heterocycles. The molecule has 0 bridgehead atoms. The molecule has 1 atom stereocenters. The maximum Gasteiger partial charge on any atom is 0.303 e. The van der Waals surface area contributed by atoms with Crippen LogP contribution in [0.1, 0.15) is 27.6 Å². The zero-order valence-electron chi connectivity index (χ0n) is 9.08. The van der Waals surface area contributed by atoms with Crippen LogP contribution in [0.25, 0.3) is 0 Å². The van der Waals surface area contributed by atoms with Gasteiger partial charge in [0, 0.05) is 6.92 Å². The second kappa shape index (κ2) is 5.25. The molecule has 0 amide bonds. The molecule has 0 aliphatic heterocycles. The van der Waals surface area contributed by atoms with Gasteiger partial charge < -0.3 is 4.74 Å².